The van der Waals surface area contributed by atoms with Gasteiger partial charge in [0.15, 0.2) is 0 Å². The van der Waals surface area contributed by atoms with Gasteiger partial charge in [0.05, 0.1) is 19.3 Å². The maximum atomic E-state index is 12.5. The van der Waals surface area contributed by atoms with E-state index in [1.807, 2.05) is 29.2 Å². The van der Waals surface area contributed by atoms with Gasteiger partial charge in [-0.25, -0.2) is 0 Å². The monoisotopic (exact) mass is 351 g/mol. The number of aryl methyl sites for hydroxylation is 1. The minimum atomic E-state index is 0.224. The zero-order chi connectivity index (χ0) is 17.0. The smallest absolute Gasteiger partial charge is 0.222 e. The van der Waals surface area contributed by atoms with Crippen molar-refractivity contribution in [3.63, 3.8) is 0 Å². The van der Waals surface area contributed by atoms with Crippen molar-refractivity contribution >= 4 is 17.5 Å². The largest absolute Gasteiger partial charge is 0.382 e. The van der Waals surface area contributed by atoms with Crippen molar-refractivity contribution in [2.24, 2.45) is 5.41 Å². The van der Waals surface area contributed by atoms with Crippen molar-refractivity contribution in [1.29, 1.82) is 0 Å². The topological polar surface area (TPSA) is 38.8 Å². The van der Waals surface area contributed by atoms with Crippen LogP contribution in [0.1, 0.15) is 31.2 Å². The Bertz CT molecular complexity index is 552. The van der Waals surface area contributed by atoms with Gasteiger partial charge in [0.1, 0.15) is 0 Å². The number of piperidine rings is 1. The van der Waals surface area contributed by atoms with Gasteiger partial charge in [0.25, 0.3) is 0 Å². The third kappa shape index (κ3) is 4.29. The lowest BCUT2D eigenvalue weighted by Gasteiger charge is -2.38. The molecule has 2 heterocycles. The number of halogens is 1. The van der Waals surface area contributed by atoms with Crippen molar-refractivity contribution in [1.82, 2.24) is 4.90 Å². The summed E-state index contributed by atoms with van der Waals surface area (Å²) in [6.07, 6.45) is 4.71. The SMILES string of the molecule is COC[C@@H]1CC2(CCN(C(=O)CCc3ccc(Cl)cc3)CC2)CO1. The van der Waals surface area contributed by atoms with Gasteiger partial charge in [-0.15, -0.1) is 0 Å². The summed E-state index contributed by atoms with van der Waals surface area (Å²) in [6.45, 7) is 3.18. The Labute approximate surface area is 149 Å². The summed E-state index contributed by atoms with van der Waals surface area (Å²) in [5.41, 5.74) is 1.42. The third-order valence-corrected chi connectivity index (χ3v) is 5.61. The molecule has 5 heteroatoms. The minimum Gasteiger partial charge on any atom is -0.382 e. The number of hydrogen-bond donors (Lipinski definition) is 0. The molecule has 2 saturated heterocycles. The number of methoxy groups -OCH3 is 1. The summed E-state index contributed by atoms with van der Waals surface area (Å²) < 4.78 is 11.1. The molecular formula is C19H26ClNO3. The van der Waals surface area contributed by atoms with Crippen LogP contribution in [-0.4, -0.2) is 50.3 Å². The number of ether oxygens (including phenoxy) is 2. The molecule has 0 N–H and O–H groups in total. The predicted molar refractivity (Wildman–Crippen MR) is 94.3 cm³/mol. The molecule has 2 aliphatic heterocycles. The van der Waals surface area contributed by atoms with Crippen LogP contribution >= 0.6 is 11.6 Å². The molecule has 1 spiro atoms. The van der Waals surface area contributed by atoms with E-state index >= 15 is 0 Å². The van der Waals surface area contributed by atoms with E-state index in [0.29, 0.717) is 13.0 Å². The first-order valence-corrected chi connectivity index (χ1v) is 9.11. The summed E-state index contributed by atoms with van der Waals surface area (Å²) in [4.78, 5) is 14.5. The van der Waals surface area contributed by atoms with E-state index in [0.717, 1.165) is 56.0 Å². The Morgan fingerprint density at radius 3 is 2.71 bits per heavy atom. The Hall–Kier alpha value is -1.10. The molecule has 0 saturated carbocycles. The van der Waals surface area contributed by atoms with Gasteiger partial charge in [-0.05, 0) is 48.8 Å². The lowest BCUT2D eigenvalue weighted by Crippen LogP contribution is -2.43. The lowest BCUT2D eigenvalue weighted by atomic mass is 9.76. The molecule has 1 aromatic carbocycles. The molecular weight excluding hydrogens is 326 g/mol. The third-order valence-electron chi connectivity index (χ3n) is 5.36. The molecule has 1 atom stereocenters. The van der Waals surface area contributed by atoms with E-state index in [1.54, 1.807) is 7.11 Å². The molecule has 3 rings (SSSR count). The fraction of sp³-hybridized carbons (Fsp3) is 0.632. The maximum absolute atomic E-state index is 12.5. The second-order valence-electron chi connectivity index (χ2n) is 7.10. The Kier molecular flexibility index (Phi) is 5.80. The Balaban J connectivity index is 1.44. The number of nitrogens with zero attached hydrogens (tertiary/aromatic N) is 1. The standard InChI is InChI=1S/C19H26ClNO3/c1-23-13-17-12-19(14-24-17)8-10-21(11-9-19)18(22)7-4-15-2-5-16(20)6-3-15/h2-3,5-6,17H,4,7-14H2,1H3/t17-/m0/s1. The maximum Gasteiger partial charge on any atom is 0.222 e. The van der Waals surface area contributed by atoms with Crippen LogP contribution < -0.4 is 0 Å². The first-order valence-electron chi connectivity index (χ1n) is 8.73. The molecule has 24 heavy (non-hydrogen) atoms. The average molecular weight is 352 g/mol. The van der Waals surface area contributed by atoms with E-state index in [-0.39, 0.29) is 17.4 Å². The molecule has 0 aromatic heterocycles. The van der Waals surface area contributed by atoms with Crippen LogP contribution in [0.4, 0.5) is 0 Å². The zero-order valence-electron chi connectivity index (χ0n) is 14.3. The van der Waals surface area contributed by atoms with Crippen LogP contribution in [-0.2, 0) is 20.7 Å². The highest BCUT2D eigenvalue weighted by atomic mass is 35.5. The Morgan fingerprint density at radius 1 is 1.33 bits per heavy atom. The van der Waals surface area contributed by atoms with Crippen molar-refractivity contribution in [3.05, 3.63) is 34.9 Å². The van der Waals surface area contributed by atoms with Gasteiger partial charge >= 0.3 is 0 Å². The molecule has 2 fully saturated rings. The average Bonchev–Trinajstić information content (AvgIpc) is 2.97. The van der Waals surface area contributed by atoms with Crippen LogP contribution in [0.15, 0.2) is 24.3 Å². The number of hydrogen-bond acceptors (Lipinski definition) is 3. The number of likely N-dealkylation sites (tertiary alicyclic amines) is 1. The first-order chi connectivity index (χ1) is 11.6. The number of rotatable bonds is 5. The summed E-state index contributed by atoms with van der Waals surface area (Å²) in [5.74, 6) is 0.257. The summed E-state index contributed by atoms with van der Waals surface area (Å²) >= 11 is 5.89. The highest BCUT2D eigenvalue weighted by molar-refractivity contribution is 6.30. The van der Waals surface area contributed by atoms with E-state index in [4.69, 9.17) is 21.1 Å². The normalized spacial score (nSPS) is 22.9. The zero-order valence-corrected chi connectivity index (χ0v) is 15.1. The van der Waals surface area contributed by atoms with Gasteiger partial charge in [0, 0.05) is 31.6 Å². The van der Waals surface area contributed by atoms with E-state index < -0.39 is 0 Å². The van der Waals surface area contributed by atoms with Crippen LogP contribution in [0.25, 0.3) is 0 Å². The van der Waals surface area contributed by atoms with Crippen molar-refractivity contribution < 1.29 is 14.3 Å². The molecule has 1 amide bonds. The number of benzene rings is 1. The fourth-order valence-electron chi connectivity index (χ4n) is 3.83. The molecule has 1 aromatic rings. The first kappa shape index (κ1) is 17.7. The Morgan fingerprint density at radius 2 is 2.04 bits per heavy atom. The summed E-state index contributed by atoms with van der Waals surface area (Å²) in [5, 5.41) is 0.733. The summed E-state index contributed by atoms with van der Waals surface area (Å²) in [6, 6.07) is 7.74. The number of carbonyl (C=O) groups excluding carboxylic acids is 1. The molecule has 132 valence electrons. The van der Waals surface area contributed by atoms with E-state index in [1.165, 1.54) is 0 Å². The van der Waals surface area contributed by atoms with Crippen molar-refractivity contribution in [2.75, 3.05) is 33.4 Å². The van der Waals surface area contributed by atoms with Gasteiger partial charge in [-0.3, -0.25) is 4.79 Å². The highest BCUT2D eigenvalue weighted by Gasteiger charge is 2.42. The van der Waals surface area contributed by atoms with Crippen LogP contribution in [0.5, 0.6) is 0 Å². The highest BCUT2D eigenvalue weighted by Crippen LogP contribution is 2.42. The fourth-order valence-corrected chi connectivity index (χ4v) is 3.95. The minimum absolute atomic E-state index is 0.224. The second kappa shape index (κ2) is 7.85. The van der Waals surface area contributed by atoms with Gasteiger partial charge in [-0.1, -0.05) is 23.7 Å². The van der Waals surface area contributed by atoms with Gasteiger partial charge in [-0.2, -0.15) is 0 Å². The molecule has 0 aliphatic carbocycles. The van der Waals surface area contributed by atoms with Crippen LogP contribution in [0, 0.1) is 5.41 Å². The molecule has 4 nitrogen and oxygen atoms in total. The number of amides is 1. The van der Waals surface area contributed by atoms with Crippen LogP contribution in [0.3, 0.4) is 0 Å². The van der Waals surface area contributed by atoms with Crippen molar-refractivity contribution in [2.45, 2.75) is 38.2 Å². The van der Waals surface area contributed by atoms with Crippen LogP contribution in [0.2, 0.25) is 5.02 Å². The molecule has 0 bridgehead atoms. The quantitative estimate of drug-likeness (QED) is 0.816. The summed E-state index contributed by atoms with van der Waals surface area (Å²) in [7, 11) is 1.72. The molecule has 0 unspecified atom stereocenters. The van der Waals surface area contributed by atoms with Gasteiger partial charge in [0.2, 0.25) is 5.91 Å². The number of carbonyl (C=O) groups is 1. The van der Waals surface area contributed by atoms with Gasteiger partial charge < -0.3 is 14.4 Å². The predicted octanol–water partition coefficient (Wildman–Crippen LogP) is 3.32. The lowest BCUT2D eigenvalue weighted by molar-refractivity contribution is -0.133. The van der Waals surface area contributed by atoms with E-state index in [2.05, 4.69) is 0 Å². The van der Waals surface area contributed by atoms with E-state index in [9.17, 15) is 4.79 Å². The second-order valence-corrected chi connectivity index (χ2v) is 7.54. The molecule has 0 radical (unpaired) electrons. The van der Waals surface area contributed by atoms with Crippen molar-refractivity contribution in [3.8, 4) is 0 Å². The molecule has 2 aliphatic rings.